The molecule has 6 nitrogen and oxygen atoms in total. The summed E-state index contributed by atoms with van der Waals surface area (Å²) in [6.07, 6.45) is 0.458. The van der Waals surface area contributed by atoms with Gasteiger partial charge >= 0.3 is 6.03 Å². The van der Waals surface area contributed by atoms with Gasteiger partial charge in [0.15, 0.2) is 0 Å². The first-order valence-corrected chi connectivity index (χ1v) is 9.38. The zero-order valence-electron chi connectivity index (χ0n) is 15.1. The minimum absolute atomic E-state index is 0.0399. The van der Waals surface area contributed by atoms with E-state index >= 15 is 0 Å². The maximum atomic E-state index is 13.0. The molecule has 1 saturated heterocycles. The number of halogens is 2. The van der Waals surface area contributed by atoms with Crippen molar-refractivity contribution in [2.45, 2.75) is 12.0 Å². The fraction of sp³-hybridized carbons (Fsp3) is 0.250. The van der Waals surface area contributed by atoms with Crippen molar-refractivity contribution >= 4 is 41.3 Å². The molecule has 2 atom stereocenters. The molecule has 144 valence electrons. The first-order chi connectivity index (χ1) is 13.4. The van der Waals surface area contributed by atoms with Crippen LogP contribution in [0.4, 0.5) is 10.5 Å². The van der Waals surface area contributed by atoms with E-state index in [1.54, 1.807) is 24.1 Å². The summed E-state index contributed by atoms with van der Waals surface area (Å²) in [5.41, 5.74) is 1.92. The van der Waals surface area contributed by atoms with E-state index < -0.39 is 6.03 Å². The number of anilines is 1. The average molecular weight is 417 g/mol. The number of carbonyl (C=O) groups is 2. The molecule has 1 aliphatic heterocycles. The van der Waals surface area contributed by atoms with Crippen molar-refractivity contribution < 1.29 is 9.59 Å². The molecule has 3 rings (SSSR count). The number of hydrogen-bond acceptors (Lipinski definition) is 4. The standard InChI is InChI=1S/C20H18Cl2N4O2/c1-25(20(28)26(12-27)17-7-15(21)6-16(22)8-17)19-11-24-10-18(19)14-4-2-13(9-23)3-5-14/h2-8,12,18-19,24H,10-11H2,1H3/t18-,19+/m0/s1. The van der Waals surface area contributed by atoms with Crippen LogP contribution in [0, 0.1) is 11.3 Å². The third kappa shape index (κ3) is 4.12. The Labute approximate surface area is 173 Å². The molecule has 0 radical (unpaired) electrons. The lowest BCUT2D eigenvalue weighted by Crippen LogP contribution is -2.48. The van der Waals surface area contributed by atoms with Crippen LogP contribution in [0.25, 0.3) is 0 Å². The van der Waals surface area contributed by atoms with Crippen molar-refractivity contribution in [1.82, 2.24) is 10.2 Å². The molecule has 1 aliphatic rings. The van der Waals surface area contributed by atoms with Crippen LogP contribution in [0.1, 0.15) is 17.0 Å². The molecule has 28 heavy (non-hydrogen) atoms. The van der Waals surface area contributed by atoms with Crippen LogP contribution in [0.5, 0.6) is 0 Å². The molecule has 2 aromatic rings. The van der Waals surface area contributed by atoms with Crippen LogP contribution < -0.4 is 10.2 Å². The predicted octanol–water partition coefficient (Wildman–Crippen LogP) is 3.64. The Bertz CT molecular complexity index is 907. The fourth-order valence-corrected chi connectivity index (χ4v) is 3.94. The minimum atomic E-state index is -0.472. The number of rotatable bonds is 4. The van der Waals surface area contributed by atoms with E-state index in [0.717, 1.165) is 10.5 Å². The second kappa shape index (κ2) is 8.61. The molecule has 1 N–H and O–H groups in total. The number of amides is 3. The number of hydrogen-bond donors (Lipinski definition) is 1. The monoisotopic (exact) mass is 416 g/mol. The Morgan fingerprint density at radius 3 is 2.39 bits per heavy atom. The van der Waals surface area contributed by atoms with Gasteiger partial charge < -0.3 is 10.2 Å². The summed E-state index contributed by atoms with van der Waals surface area (Å²) in [4.78, 5) is 27.2. The molecule has 0 saturated carbocycles. The predicted molar refractivity (Wildman–Crippen MR) is 109 cm³/mol. The third-order valence-electron chi connectivity index (χ3n) is 4.89. The van der Waals surface area contributed by atoms with Crippen LogP contribution in [0.2, 0.25) is 10.0 Å². The molecular formula is C20H18Cl2N4O2. The molecule has 2 aromatic carbocycles. The van der Waals surface area contributed by atoms with Crippen LogP contribution in [0.3, 0.4) is 0 Å². The summed E-state index contributed by atoms with van der Waals surface area (Å²) in [6, 6.07) is 13.4. The molecule has 0 bridgehead atoms. The number of imide groups is 1. The molecular weight excluding hydrogens is 399 g/mol. The maximum absolute atomic E-state index is 13.0. The van der Waals surface area contributed by atoms with Gasteiger partial charge in [0.2, 0.25) is 6.41 Å². The lowest BCUT2D eigenvalue weighted by atomic mass is 9.93. The minimum Gasteiger partial charge on any atom is -0.322 e. The number of carbonyl (C=O) groups excluding carboxylic acids is 2. The van der Waals surface area contributed by atoms with Crippen LogP contribution >= 0.6 is 23.2 Å². The van der Waals surface area contributed by atoms with Gasteiger partial charge in [0.25, 0.3) is 0 Å². The number of nitrogens with one attached hydrogen (secondary N) is 1. The molecule has 0 aliphatic carbocycles. The van der Waals surface area contributed by atoms with Gasteiger partial charge in [-0.3, -0.25) is 4.79 Å². The summed E-state index contributed by atoms with van der Waals surface area (Å²) < 4.78 is 0. The maximum Gasteiger partial charge on any atom is 0.331 e. The van der Waals surface area contributed by atoms with Crippen molar-refractivity contribution in [2.24, 2.45) is 0 Å². The zero-order valence-corrected chi connectivity index (χ0v) is 16.6. The van der Waals surface area contributed by atoms with Gasteiger partial charge in [-0.15, -0.1) is 0 Å². The van der Waals surface area contributed by atoms with Gasteiger partial charge in [0.1, 0.15) is 0 Å². The average Bonchev–Trinajstić information content (AvgIpc) is 3.17. The second-order valence-electron chi connectivity index (χ2n) is 6.56. The van der Waals surface area contributed by atoms with Crippen LogP contribution in [0.15, 0.2) is 42.5 Å². The molecule has 1 heterocycles. The topological polar surface area (TPSA) is 76.4 Å². The second-order valence-corrected chi connectivity index (χ2v) is 7.44. The Morgan fingerprint density at radius 2 is 1.82 bits per heavy atom. The van der Waals surface area contributed by atoms with E-state index in [1.807, 2.05) is 12.1 Å². The summed E-state index contributed by atoms with van der Waals surface area (Å²) in [5.74, 6) is 0.0399. The van der Waals surface area contributed by atoms with Gasteiger partial charge in [-0.25, -0.2) is 9.69 Å². The van der Waals surface area contributed by atoms with Gasteiger partial charge in [-0.05, 0) is 35.9 Å². The van der Waals surface area contributed by atoms with Gasteiger partial charge in [0.05, 0.1) is 23.4 Å². The summed E-state index contributed by atoms with van der Waals surface area (Å²) >= 11 is 12.0. The lowest BCUT2D eigenvalue weighted by Gasteiger charge is -2.32. The van der Waals surface area contributed by atoms with E-state index in [0.29, 0.717) is 40.8 Å². The molecule has 0 aromatic heterocycles. The number of nitrogens with zero attached hydrogens (tertiary/aromatic N) is 3. The normalized spacial score (nSPS) is 18.4. The number of nitriles is 1. The van der Waals surface area contributed by atoms with Gasteiger partial charge in [-0.2, -0.15) is 5.26 Å². The van der Waals surface area contributed by atoms with Gasteiger partial charge in [0, 0.05) is 36.1 Å². The fourth-order valence-electron chi connectivity index (χ4n) is 3.42. The van der Waals surface area contributed by atoms with E-state index in [-0.39, 0.29) is 12.0 Å². The zero-order chi connectivity index (χ0) is 20.3. The molecule has 0 spiro atoms. The number of urea groups is 1. The van der Waals surface area contributed by atoms with Crippen LogP contribution in [-0.2, 0) is 4.79 Å². The Hall–Kier alpha value is -2.59. The number of likely N-dealkylation sites (N-methyl/N-ethyl adjacent to an activating group) is 1. The molecule has 0 unspecified atom stereocenters. The van der Waals surface area contributed by atoms with Crippen LogP contribution in [-0.4, -0.2) is 43.5 Å². The molecule has 8 heteroatoms. The van der Waals surface area contributed by atoms with E-state index in [4.69, 9.17) is 28.5 Å². The van der Waals surface area contributed by atoms with Crippen molar-refractivity contribution in [3.8, 4) is 6.07 Å². The quantitative estimate of drug-likeness (QED) is 0.771. The largest absolute Gasteiger partial charge is 0.331 e. The highest BCUT2D eigenvalue weighted by atomic mass is 35.5. The summed E-state index contributed by atoms with van der Waals surface area (Å²) in [5, 5.41) is 12.9. The van der Waals surface area contributed by atoms with Gasteiger partial charge in [-0.1, -0.05) is 35.3 Å². The van der Waals surface area contributed by atoms with E-state index in [9.17, 15) is 9.59 Å². The highest BCUT2D eigenvalue weighted by molar-refractivity contribution is 6.35. The highest BCUT2D eigenvalue weighted by Crippen LogP contribution is 2.29. The Morgan fingerprint density at radius 1 is 1.18 bits per heavy atom. The number of benzene rings is 2. The van der Waals surface area contributed by atoms with Crippen molar-refractivity contribution in [1.29, 1.82) is 5.26 Å². The summed E-state index contributed by atoms with van der Waals surface area (Å²) in [6.45, 7) is 1.29. The lowest BCUT2D eigenvalue weighted by molar-refractivity contribution is -0.107. The molecule has 1 fully saturated rings. The van der Waals surface area contributed by atoms with Crippen molar-refractivity contribution in [3.63, 3.8) is 0 Å². The first-order valence-electron chi connectivity index (χ1n) is 8.62. The Kier molecular flexibility index (Phi) is 6.20. The SMILES string of the molecule is CN(C(=O)N(C=O)c1cc(Cl)cc(Cl)c1)[C@@H]1CNC[C@H]1c1ccc(C#N)cc1. The smallest absolute Gasteiger partial charge is 0.322 e. The van der Waals surface area contributed by atoms with E-state index in [1.165, 1.54) is 18.2 Å². The molecule has 3 amide bonds. The highest BCUT2D eigenvalue weighted by Gasteiger charge is 2.35. The van der Waals surface area contributed by atoms with E-state index in [2.05, 4.69) is 11.4 Å². The van der Waals surface area contributed by atoms with Crippen molar-refractivity contribution in [3.05, 3.63) is 63.6 Å². The van der Waals surface area contributed by atoms with Crippen molar-refractivity contribution in [2.75, 3.05) is 25.0 Å². The summed E-state index contributed by atoms with van der Waals surface area (Å²) in [7, 11) is 1.67. The first kappa shape index (κ1) is 20.2. The Balaban J connectivity index is 1.83. The third-order valence-corrected chi connectivity index (χ3v) is 5.32.